The van der Waals surface area contributed by atoms with E-state index in [4.69, 9.17) is 9.47 Å². The summed E-state index contributed by atoms with van der Waals surface area (Å²) in [7, 11) is 0. The number of benzene rings is 1. The van der Waals surface area contributed by atoms with Crippen molar-refractivity contribution in [1.82, 2.24) is 10.3 Å². The van der Waals surface area contributed by atoms with E-state index in [-0.39, 0.29) is 12.0 Å². The van der Waals surface area contributed by atoms with Gasteiger partial charge >= 0.3 is 12.1 Å². The zero-order chi connectivity index (χ0) is 20.7. The van der Waals surface area contributed by atoms with Crippen molar-refractivity contribution in [3.05, 3.63) is 35.5 Å². The van der Waals surface area contributed by atoms with Gasteiger partial charge < -0.3 is 24.9 Å². The number of ether oxygens (including phenoxy) is 2. The number of hydrogen-bond acceptors (Lipinski definition) is 4. The molecule has 0 saturated heterocycles. The lowest BCUT2D eigenvalue weighted by molar-refractivity contribution is -0.139. The topological polar surface area (TPSA) is 101 Å². The summed E-state index contributed by atoms with van der Waals surface area (Å²) in [5, 5.41) is 12.9. The molecule has 1 atom stereocenters. The third-order valence-corrected chi connectivity index (χ3v) is 4.38. The minimum atomic E-state index is -1.12. The lowest BCUT2D eigenvalue weighted by Gasteiger charge is -2.28. The molecule has 0 spiro atoms. The highest BCUT2D eigenvalue weighted by molar-refractivity contribution is 5.94. The molecule has 3 rings (SSSR count). The molecule has 150 valence electrons. The highest BCUT2D eigenvalue weighted by atomic mass is 16.6. The number of rotatable bonds is 4. The van der Waals surface area contributed by atoms with Crippen molar-refractivity contribution in [3.8, 4) is 5.75 Å². The third kappa shape index (κ3) is 4.30. The van der Waals surface area contributed by atoms with Crippen molar-refractivity contribution >= 4 is 29.0 Å². The summed E-state index contributed by atoms with van der Waals surface area (Å²) in [6.07, 6.45) is 5.14. The summed E-state index contributed by atoms with van der Waals surface area (Å²) in [5.74, 6) is -0.349. The van der Waals surface area contributed by atoms with Crippen LogP contribution in [0.1, 0.15) is 45.7 Å². The number of H-pyrrole nitrogens is 1. The first-order valence-electron chi connectivity index (χ1n) is 9.19. The fourth-order valence-corrected chi connectivity index (χ4v) is 3.16. The fraction of sp³-hybridized carbons (Fsp3) is 0.429. The van der Waals surface area contributed by atoms with Crippen molar-refractivity contribution in [3.63, 3.8) is 0 Å². The van der Waals surface area contributed by atoms with E-state index in [0.717, 1.165) is 27.8 Å². The molecule has 0 aliphatic carbocycles. The van der Waals surface area contributed by atoms with Crippen LogP contribution in [0.15, 0.2) is 24.4 Å². The Bertz CT molecular complexity index is 950. The summed E-state index contributed by atoms with van der Waals surface area (Å²) < 4.78 is 11.2. The molecule has 2 heterocycles. The summed E-state index contributed by atoms with van der Waals surface area (Å²) in [6, 6.07) is 2.69. The standard InChI is InChI=1S/C21H26N2O5/c1-20(2,3)28-19(26)23-15(18(24)25)10-12-11-22-17-13(12)6-7-16-14(17)8-9-21(4,5)27-16/h6-9,11,15,22H,10H2,1-5H3,(H,23,26)(H,24,25). The first kappa shape index (κ1) is 19.8. The number of aromatic amines is 1. The quantitative estimate of drug-likeness (QED) is 0.740. The van der Waals surface area contributed by atoms with Crippen LogP contribution >= 0.6 is 0 Å². The summed E-state index contributed by atoms with van der Waals surface area (Å²) >= 11 is 0. The van der Waals surface area contributed by atoms with Gasteiger partial charge in [0.25, 0.3) is 0 Å². The van der Waals surface area contributed by atoms with Crippen molar-refractivity contribution < 1.29 is 24.2 Å². The molecule has 7 nitrogen and oxygen atoms in total. The predicted molar refractivity (Wildman–Crippen MR) is 107 cm³/mol. The van der Waals surface area contributed by atoms with E-state index >= 15 is 0 Å². The number of nitrogens with one attached hydrogen (secondary N) is 2. The Kier molecular flexibility index (Phi) is 4.87. The van der Waals surface area contributed by atoms with E-state index in [9.17, 15) is 14.7 Å². The first-order valence-corrected chi connectivity index (χ1v) is 9.19. The number of aromatic nitrogens is 1. The summed E-state index contributed by atoms with van der Waals surface area (Å²) in [6.45, 7) is 9.14. The van der Waals surface area contributed by atoms with Gasteiger partial charge in [0.1, 0.15) is 23.0 Å². The van der Waals surface area contributed by atoms with Crippen molar-refractivity contribution in [2.24, 2.45) is 0 Å². The lowest BCUT2D eigenvalue weighted by Crippen LogP contribution is -2.44. The van der Waals surface area contributed by atoms with Crippen LogP contribution in [0.3, 0.4) is 0 Å². The molecule has 1 aromatic carbocycles. The zero-order valence-electron chi connectivity index (χ0n) is 16.8. The number of fused-ring (bicyclic) bond motifs is 3. The van der Waals surface area contributed by atoms with Crippen molar-refractivity contribution in [2.45, 2.75) is 58.3 Å². The Hall–Kier alpha value is -2.96. The Morgan fingerprint density at radius 3 is 2.68 bits per heavy atom. The molecular formula is C21H26N2O5. The van der Waals surface area contributed by atoms with Gasteiger partial charge in [-0.1, -0.05) is 0 Å². The van der Waals surface area contributed by atoms with Gasteiger partial charge in [-0.05, 0) is 64.5 Å². The average molecular weight is 386 g/mol. The fourth-order valence-electron chi connectivity index (χ4n) is 3.16. The Labute approximate surface area is 163 Å². The van der Waals surface area contributed by atoms with Crippen LogP contribution in [0.4, 0.5) is 4.79 Å². The number of amides is 1. The second-order valence-electron chi connectivity index (χ2n) is 8.49. The number of carboxylic acids is 1. The van der Waals surface area contributed by atoms with Crippen molar-refractivity contribution in [1.29, 1.82) is 0 Å². The molecular weight excluding hydrogens is 360 g/mol. The summed E-state index contributed by atoms with van der Waals surface area (Å²) in [4.78, 5) is 26.9. The zero-order valence-corrected chi connectivity index (χ0v) is 16.8. The van der Waals surface area contributed by atoms with E-state index in [1.807, 2.05) is 38.1 Å². The summed E-state index contributed by atoms with van der Waals surface area (Å²) in [5.41, 5.74) is 1.52. The average Bonchev–Trinajstić information content (AvgIpc) is 2.94. The maximum Gasteiger partial charge on any atom is 0.408 e. The highest BCUT2D eigenvalue weighted by Crippen LogP contribution is 2.36. The van der Waals surface area contributed by atoms with Crippen molar-refractivity contribution in [2.75, 3.05) is 0 Å². The SMILES string of the molecule is CC(C)(C)OC(=O)NC(Cc1c[nH]c2c3c(ccc12)OC(C)(C)C=C3)C(=O)O. The van der Waals surface area contributed by atoms with E-state index in [0.29, 0.717) is 0 Å². The molecule has 0 radical (unpaired) electrons. The minimum absolute atomic E-state index is 0.128. The van der Waals surface area contributed by atoms with Gasteiger partial charge in [0, 0.05) is 23.6 Å². The van der Waals surface area contributed by atoms with Gasteiger partial charge in [-0.2, -0.15) is 0 Å². The minimum Gasteiger partial charge on any atom is -0.483 e. The maximum absolute atomic E-state index is 12.0. The number of alkyl carbamates (subject to hydrolysis) is 1. The number of carboxylic acid groups (broad SMARTS) is 1. The van der Waals surface area contributed by atoms with Gasteiger partial charge in [0.15, 0.2) is 0 Å². The Morgan fingerprint density at radius 2 is 2.04 bits per heavy atom. The van der Waals surface area contributed by atoms with Crippen LogP contribution in [-0.4, -0.2) is 39.4 Å². The van der Waals surface area contributed by atoms with Gasteiger partial charge in [-0.15, -0.1) is 0 Å². The molecule has 1 aliphatic heterocycles. The largest absolute Gasteiger partial charge is 0.483 e. The molecule has 28 heavy (non-hydrogen) atoms. The first-order chi connectivity index (χ1) is 13.0. The van der Waals surface area contributed by atoms with E-state index in [1.54, 1.807) is 27.0 Å². The monoisotopic (exact) mass is 386 g/mol. The number of carbonyl (C=O) groups excluding carboxylic acids is 1. The molecule has 0 fully saturated rings. The van der Waals surface area contributed by atoms with E-state index < -0.39 is 23.7 Å². The predicted octanol–water partition coefficient (Wildman–Crippen LogP) is 3.87. The van der Waals surface area contributed by atoms with Gasteiger partial charge in [-0.25, -0.2) is 9.59 Å². The second kappa shape index (κ2) is 6.89. The second-order valence-corrected chi connectivity index (χ2v) is 8.49. The van der Waals surface area contributed by atoms with Crippen LogP contribution in [0, 0.1) is 0 Å². The number of hydrogen-bond donors (Lipinski definition) is 3. The Morgan fingerprint density at radius 1 is 1.32 bits per heavy atom. The molecule has 1 amide bonds. The van der Waals surface area contributed by atoms with Crippen LogP contribution in [0.2, 0.25) is 0 Å². The molecule has 7 heteroatoms. The highest BCUT2D eigenvalue weighted by Gasteiger charge is 2.27. The lowest BCUT2D eigenvalue weighted by atomic mass is 9.98. The smallest absolute Gasteiger partial charge is 0.408 e. The van der Waals surface area contributed by atoms with Crippen LogP contribution in [0.25, 0.3) is 17.0 Å². The number of carbonyl (C=O) groups is 2. The number of aliphatic carboxylic acids is 1. The molecule has 1 aliphatic rings. The normalized spacial score (nSPS) is 16.2. The molecule has 1 aromatic heterocycles. The van der Waals surface area contributed by atoms with Gasteiger partial charge in [-0.3, -0.25) is 0 Å². The van der Waals surface area contributed by atoms with Crippen LogP contribution < -0.4 is 10.1 Å². The molecule has 2 aromatic rings. The molecule has 0 saturated carbocycles. The molecule has 1 unspecified atom stereocenters. The molecule has 3 N–H and O–H groups in total. The van der Waals surface area contributed by atoms with E-state index in [1.165, 1.54) is 0 Å². The van der Waals surface area contributed by atoms with Gasteiger partial charge in [0.2, 0.25) is 0 Å². The third-order valence-electron chi connectivity index (χ3n) is 4.38. The molecule has 0 bridgehead atoms. The van der Waals surface area contributed by atoms with E-state index in [2.05, 4.69) is 10.3 Å². The maximum atomic E-state index is 12.0. The Balaban J connectivity index is 1.85. The van der Waals surface area contributed by atoms with Crippen LogP contribution in [0.5, 0.6) is 5.75 Å². The van der Waals surface area contributed by atoms with Crippen LogP contribution in [-0.2, 0) is 16.0 Å². The van der Waals surface area contributed by atoms with Gasteiger partial charge in [0.05, 0.1) is 5.52 Å².